The van der Waals surface area contributed by atoms with Crippen molar-refractivity contribution in [1.82, 2.24) is 4.90 Å². The topological polar surface area (TPSA) is 46.3 Å². The van der Waals surface area contributed by atoms with Crippen molar-refractivity contribution in [2.75, 3.05) is 0 Å². The van der Waals surface area contributed by atoms with Crippen LogP contribution in [0.2, 0.25) is 0 Å². The monoisotopic (exact) mass is 252 g/mol. The summed E-state index contributed by atoms with van der Waals surface area (Å²) in [5.74, 6) is 0.416. The number of carbonyl (C=O) groups excluding carboxylic acids is 1. The molecule has 0 spiro atoms. The van der Waals surface area contributed by atoms with Crippen molar-refractivity contribution >= 4 is 5.91 Å². The molecule has 1 aliphatic heterocycles. The Bertz CT molecular complexity index is 282. The second kappa shape index (κ2) is 6.05. The molecule has 0 aromatic heterocycles. The summed E-state index contributed by atoms with van der Waals surface area (Å²) in [7, 11) is 0. The standard InChI is InChI=1S/C15H28N2O/c1-11-7-6-8-12(2)17(11)15(18)13-9-4-3-5-10-14(13)16/h11-14H,3-10,16H2,1-2H3/t11-,12+,13?,14?. The molecule has 1 amide bonds. The van der Waals surface area contributed by atoms with Crippen LogP contribution in [0.4, 0.5) is 0 Å². The lowest BCUT2D eigenvalue weighted by molar-refractivity contribution is -0.142. The molecule has 0 aromatic rings. The van der Waals surface area contributed by atoms with Gasteiger partial charge in [0.25, 0.3) is 0 Å². The highest BCUT2D eigenvalue weighted by atomic mass is 16.2. The molecule has 0 bridgehead atoms. The molecule has 2 N–H and O–H groups in total. The lowest BCUT2D eigenvalue weighted by Gasteiger charge is -2.41. The number of piperidine rings is 1. The van der Waals surface area contributed by atoms with E-state index in [2.05, 4.69) is 18.7 Å². The van der Waals surface area contributed by atoms with E-state index in [1.54, 1.807) is 0 Å². The molecule has 18 heavy (non-hydrogen) atoms. The Morgan fingerprint density at radius 2 is 1.56 bits per heavy atom. The van der Waals surface area contributed by atoms with Crippen molar-refractivity contribution in [2.45, 2.75) is 83.3 Å². The Hall–Kier alpha value is -0.570. The minimum atomic E-state index is 0.0792. The van der Waals surface area contributed by atoms with Crippen LogP contribution in [0.5, 0.6) is 0 Å². The summed E-state index contributed by atoms with van der Waals surface area (Å²) < 4.78 is 0. The average molecular weight is 252 g/mol. The van der Waals surface area contributed by atoms with Crippen LogP contribution in [0, 0.1) is 5.92 Å². The first-order valence-corrected chi connectivity index (χ1v) is 7.69. The predicted molar refractivity (Wildman–Crippen MR) is 74.2 cm³/mol. The third-order valence-corrected chi connectivity index (χ3v) is 4.83. The van der Waals surface area contributed by atoms with Gasteiger partial charge >= 0.3 is 0 Å². The van der Waals surface area contributed by atoms with Crippen LogP contribution in [-0.4, -0.2) is 28.9 Å². The number of hydrogen-bond donors (Lipinski definition) is 1. The second-order valence-electron chi connectivity index (χ2n) is 6.28. The van der Waals surface area contributed by atoms with Crippen molar-refractivity contribution in [2.24, 2.45) is 11.7 Å². The Morgan fingerprint density at radius 1 is 0.944 bits per heavy atom. The van der Waals surface area contributed by atoms with E-state index in [0.717, 1.165) is 25.7 Å². The molecule has 2 fully saturated rings. The van der Waals surface area contributed by atoms with E-state index in [0.29, 0.717) is 18.0 Å². The maximum atomic E-state index is 12.8. The van der Waals surface area contributed by atoms with Crippen molar-refractivity contribution in [3.63, 3.8) is 0 Å². The summed E-state index contributed by atoms with van der Waals surface area (Å²) in [5, 5.41) is 0. The predicted octanol–water partition coefficient (Wildman–Crippen LogP) is 2.68. The first kappa shape index (κ1) is 13.9. The maximum absolute atomic E-state index is 12.8. The summed E-state index contributed by atoms with van der Waals surface area (Å²) in [5.41, 5.74) is 6.23. The fraction of sp³-hybridized carbons (Fsp3) is 0.933. The molecule has 3 nitrogen and oxygen atoms in total. The number of nitrogens with zero attached hydrogens (tertiary/aromatic N) is 1. The molecular weight excluding hydrogens is 224 g/mol. The van der Waals surface area contributed by atoms with Crippen LogP contribution < -0.4 is 5.73 Å². The van der Waals surface area contributed by atoms with Crippen LogP contribution >= 0.6 is 0 Å². The number of likely N-dealkylation sites (tertiary alicyclic amines) is 1. The van der Waals surface area contributed by atoms with E-state index in [1.807, 2.05) is 0 Å². The van der Waals surface area contributed by atoms with Crippen LogP contribution in [0.15, 0.2) is 0 Å². The fourth-order valence-corrected chi connectivity index (χ4v) is 3.69. The minimum absolute atomic E-state index is 0.0792. The van der Waals surface area contributed by atoms with Gasteiger partial charge in [-0.1, -0.05) is 19.3 Å². The largest absolute Gasteiger partial charge is 0.337 e. The highest BCUT2D eigenvalue weighted by Gasteiger charge is 2.36. The summed E-state index contributed by atoms with van der Waals surface area (Å²) in [6, 6.07) is 0.884. The lowest BCUT2D eigenvalue weighted by atomic mass is 9.90. The van der Waals surface area contributed by atoms with Gasteiger partial charge in [-0.15, -0.1) is 0 Å². The van der Waals surface area contributed by atoms with Gasteiger partial charge in [-0.2, -0.15) is 0 Å². The number of rotatable bonds is 1. The number of nitrogens with two attached hydrogens (primary N) is 1. The van der Waals surface area contributed by atoms with E-state index < -0.39 is 0 Å². The van der Waals surface area contributed by atoms with Crippen molar-refractivity contribution in [1.29, 1.82) is 0 Å². The molecular formula is C15H28N2O. The summed E-state index contributed by atoms with van der Waals surface area (Å²) in [4.78, 5) is 14.9. The van der Waals surface area contributed by atoms with Crippen molar-refractivity contribution < 1.29 is 4.79 Å². The fourth-order valence-electron chi connectivity index (χ4n) is 3.69. The quantitative estimate of drug-likeness (QED) is 0.729. The molecule has 1 aliphatic carbocycles. The third-order valence-electron chi connectivity index (χ3n) is 4.83. The maximum Gasteiger partial charge on any atom is 0.227 e. The molecule has 1 saturated carbocycles. The van der Waals surface area contributed by atoms with Crippen molar-refractivity contribution in [3.05, 3.63) is 0 Å². The molecule has 4 atom stereocenters. The van der Waals surface area contributed by atoms with E-state index in [4.69, 9.17) is 5.73 Å². The van der Waals surface area contributed by atoms with Gasteiger partial charge in [0.1, 0.15) is 0 Å². The molecule has 3 heteroatoms. The molecule has 2 unspecified atom stereocenters. The number of carbonyl (C=O) groups is 1. The molecule has 0 aromatic carbocycles. The van der Waals surface area contributed by atoms with E-state index >= 15 is 0 Å². The average Bonchev–Trinajstić information content (AvgIpc) is 2.53. The number of hydrogen-bond acceptors (Lipinski definition) is 2. The molecule has 2 rings (SSSR count). The van der Waals surface area contributed by atoms with Crippen LogP contribution in [0.25, 0.3) is 0 Å². The zero-order valence-corrected chi connectivity index (χ0v) is 11.9. The van der Waals surface area contributed by atoms with Gasteiger partial charge in [-0.3, -0.25) is 4.79 Å². The highest BCUT2D eigenvalue weighted by molar-refractivity contribution is 5.80. The molecule has 1 heterocycles. The first-order chi connectivity index (χ1) is 8.61. The zero-order chi connectivity index (χ0) is 13.1. The molecule has 1 saturated heterocycles. The van der Waals surface area contributed by atoms with Crippen molar-refractivity contribution in [3.8, 4) is 0 Å². The second-order valence-corrected chi connectivity index (χ2v) is 6.28. The number of amides is 1. The molecule has 2 aliphatic rings. The third kappa shape index (κ3) is 2.87. The van der Waals surface area contributed by atoms with Gasteiger partial charge in [-0.25, -0.2) is 0 Å². The SMILES string of the molecule is C[C@@H]1CCC[C@H](C)N1C(=O)C1CCCCCC1N. The minimum Gasteiger partial charge on any atom is -0.337 e. The summed E-state index contributed by atoms with van der Waals surface area (Å²) in [6.45, 7) is 4.38. The van der Waals surface area contributed by atoms with Gasteiger partial charge in [-0.05, 0) is 46.0 Å². The molecule has 104 valence electrons. The Balaban J connectivity index is 2.08. The van der Waals surface area contributed by atoms with Gasteiger partial charge in [0.05, 0.1) is 5.92 Å². The van der Waals surface area contributed by atoms with Gasteiger partial charge < -0.3 is 10.6 Å². The van der Waals surface area contributed by atoms with E-state index in [9.17, 15) is 4.79 Å². The smallest absolute Gasteiger partial charge is 0.227 e. The molecule has 0 radical (unpaired) electrons. The van der Waals surface area contributed by atoms with Gasteiger partial charge in [0.2, 0.25) is 5.91 Å². The zero-order valence-electron chi connectivity index (χ0n) is 11.9. The lowest BCUT2D eigenvalue weighted by Crippen LogP contribution is -2.52. The van der Waals surface area contributed by atoms with Gasteiger partial charge in [0.15, 0.2) is 0 Å². The van der Waals surface area contributed by atoms with Crippen LogP contribution in [-0.2, 0) is 4.79 Å². The normalized spacial score (nSPS) is 38.3. The Kier molecular flexibility index (Phi) is 4.66. The summed E-state index contributed by atoms with van der Waals surface area (Å²) >= 11 is 0. The van der Waals surface area contributed by atoms with Crippen LogP contribution in [0.1, 0.15) is 65.2 Å². The Labute approximate surface area is 111 Å². The van der Waals surface area contributed by atoms with Gasteiger partial charge in [0, 0.05) is 18.1 Å². The van der Waals surface area contributed by atoms with E-state index in [1.165, 1.54) is 25.7 Å². The first-order valence-electron chi connectivity index (χ1n) is 7.69. The summed E-state index contributed by atoms with van der Waals surface area (Å²) in [6.07, 6.45) is 9.17. The van der Waals surface area contributed by atoms with Crippen LogP contribution in [0.3, 0.4) is 0 Å². The van der Waals surface area contributed by atoms with E-state index in [-0.39, 0.29) is 12.0 Å². The highest BCUT2D eigenvalue weighted by Crippen LogP contribution is 2.29. The Morgan fingerprint density at radius 3 is 2.22 bits per heavy atom.